The Bertz CT molecular complexity index is 2400. The lowest BCUT2D eigenvalue weighted by Gasteiger charge is -2.72. The van der Waals surface area contributed by atoms with Crippen LogP contribution in [0.4, 0.5) is 0 Å². The number of rotatable bonds is 19. The number of hydrogen-bond donors (Lipinski definition) is 15. The summed E-state index contributed by atoms with van der Waals surface area (Å²) in [5, 5.41) is 158. The van der Waals surface area contributed by atoms with E-state index in [2.05, 4.69) is 26.8 Å². The Hall–Kier alpha value is -2.95. The van der Waals surface area contributed by atoms with E-state index in [9.17, 15) is 75.7 Å². The molecule has 8 aliphatic rings. The van der Waals surface area contributed by atoms with Gasteiger partial charge in [0.25, 0.3) is 0 Å². The van der Waals surface area contributed by atoms with Crippen LogP contribution in [0, 0.1) is 50.2 Å². The number of esters is 2. The molecule has 0 radical (unpaired) electrons. The maximum Gasteiger partial charge on any atom is 0.335 e. The summed E-state index contributed by atoms with van der Waals surface area (Å²) in [5.74, 6) is -3.76. The number of carboxylic acid groups (broad SMARTS) is 1. The van der Waals surface area contributed by atoms with Crippen molar-refractivity contribution in [2.45, 2.75) is 218 Å². The average Bonchev–Trinajstić information content (AvgIpc) is 0.677. The summed E-state index contributed by atoms with van der Waals surface area (Å²) < 4.78 is 48.0. The van der Waals surface area contributed by atoms with E-state index in [0.717, 1.165) is 5.57 Å². The van der Waals surface area contributed by atoms with Gasteiger partial charge in [0.2, 0.25) is 0 Å². The zero-order valence-electron chi connectivity index (χ0n) is 51.4. The van der Waals surface area contributed by atoms with E-state index in [-0.39, 0.29) is 44.5 Å². The third kappa shape index (κ3) is 13.0. The fourth-order valence-corrected chi connectivity index (χ4v) is 16.7. The highest BCUT2D eigenvalue weighted by Crippen LogP contribution is 2.76. The Kier molecular flexibility index (Phi) is 23.1. The first-order valence-corrected chi connectivity index (χ1v) is 30.5. The van der Waals surface area contributed by atoms with Gasteiger partial charge in [-0.25, -0.2) is 9.59 Å². The highest BCUT2D eigenvalue weighted by Gasteiger charge is 2.74. The van der Waals surface area contributed by atoms with Crippen LogP contribution in [0.1, 0.15) is 107 Å². The molecule has 0 bridgehead atoms. The number of nitrogens with zero attached hydrogens (tertiary/aromatic N) is 1. The van der Waals surface area contributed by atoms with Gasteiger partial charge in [0.1, 0.15) is 73.2 Å². The van der Waals surface area contributed by atoms with E-state index >= 15 is 0 Å². The first-order chi connectivity index (χ1) is 40.8. The molecule has 3 saturated heterocycles. The summed E-state index contributed by atoms with van der Waals surface area (Å²) in [6.07, 6.45) is -23.5. The third-order valence-corrected chi connectivity index (χ3v) is 21.9. The fourth-order valence-electron chi connectivity index (χ4n) is 16.7. The zero-order chi connectivity index (χ0) is 64.7. The summed E-state index contributed by atoms with van der Waals surface area (Å²) >= 11 is 0. The van der Waals surface area contributed by atoms with Gasteiger partial charge in [0.15, 0.2) is 25.0 Å². The van der Waals surface area contributed by atoms with Crippen molar-refractivity contribution in [1.82, 2.24) is 4.90 Å². The van der Waals surface area contributed by atoms with Crippen LogP contribution in [0.25, 0.3) is 0 Å². The summed E-state index contributed by atoms with van der Waals surface area (Å²) in [6.45, 7) is 16.4. The molecule has 27 heteroatoms. The second kappa shape index (κ2) is 28.1. The van der Waals surface area contributed by atoms with E-state index in [1.165, 1.54) is 6.92 Å². The molecule has 15 N–H and O–H groups in total. The number of aliphatic hydroxyl groups is 14. The molecule has 3 aliphatic heterocycles. The fraction of sp³-hybridized carbons (Fsp3) is 0.883. The quantitative estimate of drug-likeness (QED) is 0.0277. The number of hydrogen-bond acceptors (Lipinski definition) is 26. The van der Waals surface area contributed by atoms with E-state index in [1.54, 1.807) is 24.8 Å². The van der Waals surface area contributed by atoms with Gasteiger partial charge in [0, 0.05) is 43.0 Å². The van der Waals surface area contributed by atoms with Crippen molar-refractivity contribution in [3.05, 3.63) is 23.3 Å². The molecular formula is C60H99NO26. The van der Waals surface area contributed by atoms with Gasteiger partial charge in [-0.05, 0) is 92.8 Å². The topological polar surface area (TPSA) is 432 Å². The van der Waals surface area contributed by atoms with Gasteiger partial charge in [-0.2, -0.15) is 0 Å². The SMILES string of the molecule is CC=C(C)C(=O)O[C@H]1[C@H](OC(C)=O)[C@@]2(CO)C(CC1(C)C)C1=CCC3[C@@]4(C)CC[C@H](O[C@@H]5O[C@H](C(=O)O)[C@@H](O[C@@H]6O[C@H](CO)[C@@H](O)[C@H](O)[C@H]6O)C(O)[C@H]5O[C@@H]5OC[C@@H](O)[C@H](O)[C@H]5O)[C@](C)(CO)C4CC[C@@]3(C)[C@]1(C)C[C@H]2O.OCCN(CCO)CCO. The number of aliphatic carboxylic acids is 1. The zero-order valence-corrected chi connectivity index (χ0v) is 51.4. The first kappa shape index (κ1) is 71.5. The predicted octanol–water partition coefficient (Wildman–Crippen LogP) is -2.42. The van der Waals surface area contributed by atoms with Crippen LogP contribution < -0.4 is 0 Å². The number of carbonyl (C=O) groups excluding carboxylic acids is 2. The number of carbonyl (C=O) groups is 3. The summed E-state index contributed by atoms with van der Waals surface area (Å²) in [5.41, 5.74) is -3.63. The van der Waals surface area contributed by atoms with Crippen molar-refractivity contribution in [2.24, 2.45) is 50.2 Å². The minimum Gasteiger partial charge on any atom is -0.479 e. The number of allylic oxidation sites excluding steroid dienone is 3. The van der Waals surface area contributed by atoms with Crippen LogP contribution in [0.15, 0.2) is 23.3 Å². The highest BCUT2D eigenvalue weighted by atomic mass is 16.8. The Balaban J connectivity index is 0.000000990. The number of aliphatic hydroxyl groups excluding tert-OH is 14. The first-order valence-electron chi connectivity index (χ1n) is 30.5. The standard InChI is InChI=1S/C54H84O23.C6H15NO3/c1-10-23(2)45(69)77-42-43(71-24(3)58)54(22-57)26(17-49(42,4)5)25-11-12-30-50(6)15-14-32(51(7,21-56)29(50)13-16-52(30,8)53(25,9)18-31(54)60)73-48-40(75-46-36(64)33(61)27(59)20-70-46)38(66)39(41(76-48)44(67)68)74-47-37(65)35(63)34(62)28(19-55)72-47;8-4-1-7(2-5-9)3-6-10/h10-11,26-43,46-48,55-57,59-66H,12-22H2,1-9H3,(H,67,68);8-10H,1-6H2/t26?,27-,28-,29?,30?,31-,32+,33+,34-,35+,36-,37-,38?,39+,40-,41+,42+,43+,46+,47+,48-,50+,51-,52-,53-,54+;/m1./s1. The summed E-state index contributed by atoms with van der Waals surface area (Å²) in [6, 6.07) is 0. The Morgan fingerprint density at radius 1 is 0.678 bits per heavy atom. The highest BCUT2D eigenvalue weighted by molar-refractivity contribution is 5.87. The van der Waals surface area contributed by atoms with Crippen molar-refractivity contribution >= 4 is 17.9 Å². The van der Waals surface area contributed by atoms with Crippen LogP contribution in [0.3, 0.4) is 0 Å². The Morgan fingerprint density at radius 2 is 1.30 bits per heavy atom. The largest absolute Gasteiger partial charge is 0.479 e. The smallest absolute Gasteiger partial charge is 0.335 e. The second-order valence-corrected chi connectivity index (χ2v) is 27.1. The molecule has 87 heavy (non-hydrogen) atoms. The molecule has 0 amide bonds. The molecule has 500 valence electrons. The van der Waals surface area contributed by atoms with E-state index in [4.69, 9.17) is 53.2 Å². The van der Waals surface area contributed by atoms with Crippen molar-refractivity contribution in [3.63, 3.8) is 0 Å². The molecule has 4 unspecified atom stereocenters. The lowest BCUT2D eigenvalue weighted by atomic mass is 9.33. The van der Waals surface area contributed by atoms with Gasteiger partial charge in [-0.15, -0.1) is 0 Å². The minimum absolute atomic E-state index is 0.0613. The van der Waals surface area contributed by atoms with E-state index in [0.29, 0.717) is 57.3 Å². The van der Waals surface area contributed by atoms with Gasteiger partial charge in [-0.1, -0.05) is 59.3 Å². The van der Waals surface area contributed by atoms with Crippen molar-refractivity contribution in [1.29, 1.82) is 0 Å². The maximum atomic E-state index is 13.4. The van der Waals surface area contributed by atoms with Crippen LogP contribution in [0.2, 0.25) is 0 Å². The molecule has 0 aromatic heterocycles. The molecular weight excluding hydrogens is 1150 g/mol. The van der Waals surface area contributed by atoms with Gasteiger partial charge >= 0.3 is 17.9 Å². The number of fused-ring (bicyclic) bond motifs is 7. The molecule has 26 atom stereocenters. The van der Waals surface area contributed by atoms with E-state index < -0.39 is 193 Å². The molecule has 27 nitrogen and oxygen atoms in total. The summed E-state index contributed by atoms with van der Waals surface area (Å²) in [4.78, 5) is 41.2. The van der Waals surface area contributed by atoms with Crippen LogP contribution in [0.5, 0.6) is 0 Å². The molecule has 4 saturated carbocycles. The average molecular weight is 1250 g/mol. The molecule has 3 heterocycles. The lowest BCUT2D eigenvalue weighted by molar-refractivity contribution is -0.387. The molecule has 0 spiro atoms. The van der Waals surface area contributed by atoms with Crippen LogP contribution in [-0.4, -0.2) is 276 Å². The molecule has 0 aromatic carbocycles. The van der Waals surface area contributed by atoms with Crippen LogP contribution >= 0.6 is 0 Å². The normalized spacial score (nSPS) is 46.1. The monoisotopic (exact) mass is 1250 g/mol. The maximum absolute atomic E-state index is 13.4. The lowest BCUT2D eigenvalue weighted by Crippen LogP contribution is -2.72. The number of ether oxygens (including phenoxy) is 8. The van der Waals surface area contributed by atoms with Gasteiger partial charge < -0.3 is 114 Å². The van der Waals surface area contributed by atoms with Crippen molar-refractivity contribution in [2.75, 3.05) is 65.9 Å². The molecule has 8 rings (SSSR count). The van der Waals surface area contributed by atoms with Gasteiger partial charge in [-0.3, -0.25) is 9.69 Å². The molecule has 5 aliphatic carbocycles. The van der Waals surface area contributed by atoms with E-state index in [1.807, 2.05) is 20.8 Å². The predicted molar refractivity (Wildman–Crippen MR) is 301 cm³/mol. The van der Waals surface area contributed by atoms with Gasteiger partial charge in [0.05, 0.1) is 63.9 Å². The van der Waals surface area contributed by atoms with Crippen molar-refractivity contribution < 1.29 is 129 Å². The Labute approximate surface area is 507 Å². The number of carboxylic acids is 1. The summed E-state index contributed by atoms with van der Waals surface area (Å²) in [7, 11) is 0. The minimum atomic E-state index is -2.11. The van der Waals surface area contributed by atoms with Crippen LogP contribution in [-0.2, 0) is 52.3 Å². The third-order valence-electron chi connectivity index (χ3n) is 21.9. The molecule has 0 aromatic rings. The Morgan fingerprint density at radius 3 is 1.86 bits per heavy atom. The van der Waals surface area contributed by atoms with Crippen molar-refractivity contribution in [3.8, 4) is 0 Å². The molecule has 7 fully saturated rings. The second-order valence-electron chi connectivity index (χ2n) is 27.1.